The maximum absolute atomic E-state index is 12.4. The first-order chi connectivity index (χ1) is 13.7. The molecule has 2 aliphatic rings. The van der Waals surface area contributed by atoms with Crippen LogP contribution in [0.5, 0.6) is 0 Å². The fourth-order valence-corrected chi connectivity index (χ4v) is 4.97. The van der Waals surface area contributed by atoms with Gasteiger partial charge >= 0.3 is 5.97 Å². The van der Waals surface area contributed by atoms with Crippen LogP contribution in [-0.2, 0) is 21.5 Å². The van der Waals surface area contributed by atoms with Gasteiger partial charge in [-0.15, -0.1) is 0 Å². The lowest BCUT2D eigenvalue weighted by atomic mass is 9.74. The second-order valence-electron chi connectivity index (χ2n) is 7.26. The number of carbonyl (C=O) groups is 2. The van der Waals surface area contributed by atoms with Gasteiger partial charge in [-0.2, -0.15) is 0 Å². The van der Waals surface area contributed by atoms with Crippen molar-refractivity contribution in [1.82, 2.24) is 4.90 Å². The zero-order valence-corrected chi connectivity index (χ0v) is 15.5. The van der Waals surface area contributed by atoms with Crippen LogP contribution in [0.2, 0.25) is 0 Å². The molecule has 0 radical (unpaired) electrons. The highest BCUT2D eigenvalue weighted by Gasteiger charge is 2.55. The molecule has 2 bridgehead atoms. The minimum Gasteiger partial charge on any atom is -0.465 e. The van der Waals surface area contributed by atoms with E-state index in [9.17, 15) is 9.59 Å². The average Bonchev–Trinajstić information content (AvgIpc) is 2.97. The lowest BCUT2D eigenvalue weighted by Gasteiger charge is -2.45. The third-order valence-electron chi connectivity index (χ3n) is 6.09. The van der Waals surface area contributed by atoms with Gasteiger partial charge in [-0.3, -0.25) is 4.79 Å². The number of amides is 1. The molecule has 5 rings (SSSR count). The second-order valence-corrected chi connectivity index (χ2v) is 7.26. The summed E-state index contributed by atoms with van der Waals surface area (Å²) in [6.45, 7) is 0. The highest BCUT2D eigenvalue weighted by Crippen LogP contribution is 2.57. The molecule has 1 amide bonds. The monoisotopic (exact) mass is 369 g/mol. The summed E-state index contributed by atoms with van der Waals surface area (Å²) in [6.07, 6.45) is 1.77. The molecule has 0 spiro atoms. The van der Waals surface area contributed by atoms with Crippen molar-refractivity contribution < 1.29 is 14.3 Å². The molecular formula is C24H19NO3. The van der Waals surface area contributed by atoms with E-state index in [0.717, 1.165) is 29.5 Å². The van der Waals surface area contributed by atoms with E-state index in [-0.39, 0.29) is 12.0 Å². The minimum absolute atomic E-state index is 0.00360. The van der Waals surface area contributed by atoms with Crippen LogP contribution in [0.1, 0.15) is 44.2 Å². The van der Waals surface area contributed by atoms with Crippen molar-refractivity contribution in [3.63, 3.8) is 0 Å². The van der Waals surface area contributed by atoms with Crippen molar-refractivity contribution in [3.8, 4) is 0 Å². The number of benzene rings is 3. The lowest BCUT2D eigenvalue weighted by molar-refractivity contribution is -0.124. The molecule has 138 valence electrons. The van der Waals surface area contributed by atoms with Crippen LogP contribution in [0.3, 0.4) is 0 Å². The molecule has 0 saturated heterocycles. The van der Waals surface area contributed by atoms with Crippen molar-refractivity contribution in [1.29, 1.82) is 0 Å². The van der Waals surface area contributed by atoms with Gasteiger partial charge in [-0.1, -0.05) is 60.7 Å². The Morgan fingerprint density at radius 1 is 1.00 bits per heavy atom. The van der Waals surface area contributed by atoms with E-state index < -0.39 is 5.54 Å². The van der Waals surface area contributed by atoms with Crippen LogP contribution in [-0.4, -0.2) is 24.4 Å². The normalized spacial score (nSPS) is 21.6. The van der Waals surface area contributed by atoms with Gasteiger partial charge < -0.3 is 9.64 Å². The number of hydrogen-bond donors (Lipinski definition) is 0. The number of hydrogen-bond acceptors (Lipinski definition) is 3. The molecule has 0 aliphatic carbocycles. The van der Waals surface area contributed by atoms with Crippen molar-refractivity contribution in [2.75, 3.05) is 7.11 Å². The molecule has 3 aromatic carbocycles. The molecule has 0 N–H and O–H groups in total. The molecule has 28 heavy (non-hydrogen) atoms. The number of esters is 1. The first-order valence-corrected chi connectivity index (χ1v) is 9.32. The van der Waals surface area contributed by atoms with Crippen molar-refractivity contribution in [2.24, 2.45) is 0 Å². The summed E-state index contributed by atoms with van der Waals surface area (Å²) >= 11 is 0. The molecule has 2 heterocycles. The summed E-state index contributed by atoms with van der Waals surface area (Å²) in [7, 11) is 1.37. The predicted molar refractivity (Wildman–Crippen MR) is 105 cm³/mol. The van der Waals surface area contributed by atoms with Crippen LogP contribution in [0.15, 0.2) is 72.8 Å². The number of nitrogens with zero attached hydrogens (tertiary/aromatic N) is 1. The number of ether oxygens (including phenoxy) is 1. The molecule has 0 unspecified atom stereocenters. The highest BCUT2D eigenvalue weighted by molar-refractivity contribution is 5.89. The number of rotatable bonds is 3. The van der Waals surface area contributed by atoms with Gasteiger partial charge in [0, 0.05) is 0 Å². The Morgan fingerprint density at radius 3 is 2.39 bits per heavy atom. The van der Waals surface area contributed by atoms with E-state index in [1.807, 2.05) is 41.3 Å². The van der Waals surface area contributed by atoms with E-state index in [4.69, 9.17) is 4.74 Å². The van der Waals surface area contributed by atoms with Gasteiger partial charge in [-0.25, -0.2) is 4.79 Å². The third-order valence-corrected chi connectivity index (χ3v) is 6.09. The third kappa shape index (κ3) is 2.00. The van der Waals surface area contributed by atoms with E-state index in [1.165, 1.54) is 18.2 Å². The summed E-state index contributed by atoms with van der Waals surface area (Å²) in [5, 5.41) is 0. The Labute approximate surface area is 163 Å². The van der Waals surface area contributed by atoms with Gasteiger partial charge in [0.1, 0.15) is 5.54 Å². The standard InChI is InChI=1S/C24H19NO3/c1-28-23(27)16-10-12-18(13-11-16)24-20-8-4-2-6-17(20)14-22(25(24)15-26)19-7-3-5-9-21(19)24/h2-13,15,22H,14H2,1H3/t22-,24+/m1/s1. The largest absolute Gasteiger partial charge is 0.465 e. The summed E-state index contributed by atoms with van der Waals surface area (Å²) in [4.78, 5) is 26.2. The molecule has 4 nitrogen and oxygen atoms in total. The Balaban J connectivity index is 1.82. The molecule has 3 aromatic rings. The van der Waals surface area contributed by atoms with E-state index in [1.54, 1.807) is 12.1 Å². The van der Waals surface area contributed by atoms with Gasteiger partial charge in [0.2, 0.25) is 6.41 Å². The molecule has 2 aliphatic heterocycles. The van der Waals surface area contributed by atoms with Crippen LogP contribution in [0.25, 0.3) is 0 Å². The number of methoxy groups -OCH3 is 1. The molecule has 0 fully saturated rings. The van der Waals surface area contributed by atoms with Gasteiger partial charge in [0.25, 0.3) is 0 Å². The minimum atomic E-state index is -0.688. The summed E-state index contributed by atoms with van der Waals surface area (Å²) in [5.74, 6) is -0.370. The molecule has 0 saturated carbocycles. The van der Waals surface area contributed by atoms with Crippen LogP contribution < -0.4 is 0 Å². The Morgan fingerprint density at radius 2 is 1.68 bits per heavy atom. The average molecular weight is 369 g/mol. The first kappa shape index (κ1) is 16.8. The van der Waals surface area contributed by atoms with Crippen LogP contribution in [0.4, 0.5) is 0 Å². The summed E-state index contributed by atoms with van der Waals surface area (Å²) in [6, 6.07) is 24.0. The van der Waals surface area contributed by atoms with E-state index in [0.29, 0.717) is 5.56 Å². The zero-order valence-electron chi connectivity index (χ0n) is 15.5. The van der Waals surface area contributed by atoms with Crippen LogP contribution in [0, 0.1) is 0 Å². The smallest absolute Gasteiger partial charge is 0.337 e. The Bertz CT molecular complexity index is 1080. The summed E-state index contributed by atoms with van der Waals surface area (Å²) in [5.41, 5.74) is 5.45. The fourth-order valence-electron chi connectivity index (χ4n) is 4.97. The van der Waals surface area contributed by atoms with Gasteiger partial charge in [-0.05, 0) is 46.4 Å². The number of fused-ring (bicyclic) bond motifs is 7. The van der Waals surface area contributed by atoms with Gasteiger partial charge in [0.15, 0.2) is 0 Å². The SMILES string of the molecule is COC(=O)c1ccc([C@]23c4ccccc4C[C@H](c4ccccc42)N3C=O)cc1. The molecule has 2 atom stereocenters. The van der Waals surface area contributed by atoms with Crippen molar-refractivity contribution in [2.45, 2.75) is 18.0 Å². The van der Waals surface area contributed by atoms with Gasteiger partial charge in [0.05, 0.1) is 18.7 Å². The highest BCUT2D eigenvalue weighted by atomic mass is 16.5. The Kier molecular flexibility index (Phi) is 3.63. The molecule has 0 aromatic heterocycles. The topological polar surface area (TPSA) is 46.6 Å². The maximum atomic E-state index is 12.4. The van der Waals surface area contributed by atoms with Crippen molar-refractivity contribution >= 4 is 12.4 Å². The van der Waals surface area contributed by atoms with Crippen LogP contribution >= 0.6 is 0 Å². The molecular weight excluding hydrogens is 350 g/mol. The number of carbonyl (C=O) groups excluding carboxylic acids is 2. The summed E-state index contributed by atoms with van der Waals surface area (Å²) < 4.78 is 4.83. The van der Waals surface area contributed by atoms with Crippen molar-refractivity contribution in [3.05, 3.63) is 106 Å². The Hall–Kier alpha value is -3.40. The quantitative estimate of drug-likeness (QED) is 0.521. The fraction of sp³-hybridized carbons (Fsp3) is 0.167. The zero-order chi connectivity index (χ0) is 19.3. The first-order valence-electron chi connectivity index (χ1n) is 9.32. The second kappa shape index (κ2) is 6.06. The lowest BCUT2D eigenvalue weighted by Crippen LogP contribution is -2.47. The van der Waals surface area contributed by atoms with E-state index >= 15 is 0 Å². The van der Waals surface area contributed by atoms with E-state index in [2.05, 4.69) is 24.3 Å². The predicted octanol–water partition coefficient (Wildman–Crippen LogP) is 3.83. The maximum Gasteiger partial charge on any atom is 0.337 e. The molecule has 4 heteroatoms.